The fraction of sp³-hybridized carbons (Fsp3) is 0.824. The van der Waals surface area contributed by atoms with E-state index >= 15 is 0 Å². The summed E-state index contributed by atoms with van der Waals surface area (Å²) in [7, 11) is 2.06. The average molecular weight is 290 g/mol. The van der Waals surface area contributed by atoms with Gasteiger partial charge in [0, 0.05) is 36.9 Å². The summed E-state index contributed by atoms with van der Waals surface area (Å²) in [4.78, 5) is 2.76. The molecule has 2 aliphatic rings. The van der Waals surface area contributed by atoms with Crippen molar-refractivity contribution in [3.63, 3.8) is 0 Å². The summed E-state index contributed by atoms with van der Waals surface area (Å²) in [5.41, 5.74) is 3.98. The number of aromatic nitrogens is 2. The molecule has 1 saturated carbocycles. The predicted octanol–water partition coefficient (Wildman–Crippen LogP) is 2.56. The number of aryl methyl sites for hydroxylation is 2. The first-order valence-electron chi connectivity index (χ1n) is 8.54. The number of nitrogens with one attached hydrogen (secondary N) is 1. The van der Waals surface area contributed by atoms with Crippen LogP contribution in [-0.4, -0.2) is 40.4 Å². The van der Waals surface area contributed by atoms with Crippen LogP contribution in [-0.2, 0) is 7.05 Å². The maximum atomic E-state index is 4.62. The highest BCUT2D eigenvalue weighted by Gasteiger charge is 2.35. The summed E-state index contributed by atoms with van der Waals surface area (Å²) >= 11 is 0. The minimum absolute atomic E-state index is 0.494. The standard InChI is InChI=1S/C17H30N4/c1-12-17(13(2)20(4)19-12)14(3)21(16-7-8-16)11-15-6-5-9-18-10-15/h14-16,18H,5-11H2,1-4H3. The Balaban J connectivity index is 1.76. The predicted molar refractivity (Wildman–Crippen MR) is 86.4 cm³/mol. The molecule has 118 valence electrons. The third-order valence-electron chi connectivity index (χ3n) is 5.36. The van der Waals surface area contributed by atoms with Crippen molar-refractivity contribution in [3.8, 4) is 0 Å². The quantitative estimate of drug-likeness (QED) is 0.905. The van der Waals surface area contributed by atoms with E-state index in [0.717, 1.165) is 12.0 Å². The molecule has 1 aliphatic carbocycles. The second-order valence-electron chi connectivity index (χ2n) is 7.02. The number of piperidine rings is 1. The van der Waals surface area contributed by atoms with Crippen molar-refractivity contribution in [2.75, 3.05) is 19.6 Å². The highest BCUT2D eigenvalue weighted by atomic mass is 15.3. The molecule has 1 saturated heterocycles. The second kappa shape index (κ2) is 6.09. The Morgan fingerprint density at radius 1 is 1.33 bits per heavy atom. The summed E-state index contributed by atoms with van der Waals surface area (Å²) in [6.45, 7) is 10.4. The van der Waals surface area contributed by atoms with Crippen LogP contribution in [0.2, 0.25) is 0 Å². The molecule has 2 heterocycles. The van der Waals surface area contributed by atoms with Gasteiger partial charge in [-0.1, -0.05) is 0 Å². The molecule has 2 atom stereocenters. The molecule has 1 aromatic rings. The molecule has 2 unspecified atom stereocenters. The van der Waals surface area contributed by atoms with Gasteiger partial charge in [-0.05, 0) is 65.5 Å². The molecule has 1 aliphatic heterocycles. The van der Waals surface area contributed by atoms with Crippen LogP contribution in [0, 0.1) is 19.8 Å². The summed E-state index contributed by atoms with van der Waals surface area (Å²) in [6, 6.07) is 1.30. The summed E-state index contributed by atoms with van der Waals surface area (Å²) in [6.07, 6.45) is 5.47. The Morgan fingerprint density at radius 3 is 2.62 bits per heavy atom. The van der Waals surface area contributed by atoms with E-state index in [0.29, 0.717) is 6.04 Å². The van der Waals surface area contributed by atoms with Crippen molar-refractivity contribution >= 4 is 0 Å². The summed E-state index contributed by atoms with van der Waals surface area (Å²) in [5.74, 6) is 0.819. The lowest BCUT2D eigenvalue weighted by molar-refractivity contribution is 0.153. The molecular weight excluding hydrogens is 260 g/mol. The van der Waals surface area contributed by atoms with Crippen LogP contribution in [0.15, 0.2) is 0 Å². The van der Waals surface area contributed by atoms with Crippen molar-refractivity contribution in [2.24, 2.45) is 13.0 Å². The first-order valence-corrected chi connectivity index (χ1v) is 8.54. The monoisotopic (exact) mass is 290 g/mol. The van der Waals surface area contributed by atoms with E-state index < -0.39 is 0 Å². The maximum absolute atomic E-state index is 4.62. The lowest BCUT2D eigenvalue weighted by Gasteiger charge is -2.34. The van der Waals surface area contributed by atoms with Crippen LogP contribution in [0.25, 0.3) is 0 Å². The van der Waals surface area contributed by atoms with Crippen LogP contribution < -0.4 is 5.32 Å². The zero-order valence-electron chi connectivity index (χ0n) is 14.0. The fourth-order valence-electron chi connectivity index (χ4n) is 3.97. The fourth-order valence-corrected chi connectivity index (χ4v) is 3.97. The van der Waals surface area contributed by atoms with E-state index in [1.54, 1.807) is 0 Å². The zero-order chi connectivity index (χ0) is 15.0. The van der Waals surface area contributed by atoms with Gasteiger partial charge in [0.25, 0.3) is 0 Å². The number of nitrogens with zero attached hydrogens (tertiary/aromatic N) is 3. The van der Waals surface area contributed by atoms with Crippen molar-refractivity contribution in [1.82, 2.24) is 20.0 Å². The lowest BCUT2D eigenvalue weighted by atomic mass is 9.96. The molecule has 1 N–H and O–H groups in total. The van der Waals surface area contributed by atoms with Crippen molar-refractivity contribution in [3.05, 3.63) is 17.0 Å². The van der Waals surface area contributed by atoms with Gasteiger partial charge in [-0.15, -0.1) is 0 Å². The third-order valence-corrected chi connectivity index (χ3v) is 5.36. The van der Waals surface area contributed by atoms with Gasteiger partial charge in [0.1, 0.15) is 0 Å². The van der Waals surface area contributed by atoms with Gasteiger partial charge >= 0.3 is 0 Å². The Kier molecular flexibility index (Phi) is 4.36. The smallest absolute Gasteiger partial charge is 0.0644 e. The first kappa shape index (κ1) is 15.0. The highest BCUT2D eigenvalue weighted by Crippen LogP contribution is 2.37. The molecule has 3 rings (SSSR count). The first-order chi connectivity index (χ1) is 10.1. The van der Waals surface area contributed by atoms with Gasteiger partial charge in [0.15, 0.2) is 0 Å². The molecule has 0 spiro atoms. The van der Waals surface area contributed by atoms with Gasteiger partial charge < -0.3 is 5.32 Å². The van der Waals surface area contributed by atoms with Crippen molar-refractivity contribution in [1.29, 1.82) is 0 Å². The normalized spacial score (nSPS) is 24.5. The van der Waals surface area contributed by atoms with Crippen molar-refractivity contribution in [2.45, 2.75) is 58.5 Å². The zero-order valence-corrected chi connectivity index (χ0v) is 14.0. The van der Waals surface area contributed by atoms with E-state index in [4.69, 9.17) is 0 Å². The number of hydrogen-bond donors (Lipinski definition) is 1. The van der Waals surface area contributed by atoms with Gasteiger partial charge in [-0.3, -0.25) is 9.58 Å². The highest BCUT2D eigenvalue weighted by molar-refractivity contribution is 5.28. The largest absolute Gasteiger partial charge is 0.316 e. The Labute approximate surface area is 128 Å². The lowest BCUT2D eigenvalue weighted by Crippen LogP contribution is -2.40. The van der Waals surface area contributed by atoms with Gasteiger partial charge in [0.2, 0.25) is 0 Å². The minimum Gasteiger partial charge on any atom is -0.316 e. The van der Waals surface area contributed by atoms with Crippen LogP contribution in [0.1, 0.15) is 55.6 Å². The number of hydrogen-bond acceptors (Lipinski definition) is 3. The molecule has 4 heteroatoms. The molecule has 0 bridgehead atoms. The summed E-state index contributed by atoms with van der Waals surface area (Å²) in [5, 5.41) is 8.18. The third kappa shape index (κ3) is 3.16. The van der Waals surface area contributed by atoms with Gasteiger partial charge in [-0.25, -0.2) is 0 Å². The molecule has 21 heavy (non-hydrogen) atoms. The Morgan fingerprint density at radius 2 is 2.10 bits per heavy atom. The average Bonchev–Trinajstić information content (AvgIpc) is 3.26. The Bertz CT molecular complexity index is 483. The molecule has 0 aromatic carbocycles. The summed E-state index contributed by atoms with van der Waals surface area (Å²) < 4.78 is 2.04. The molecule has 4 nitrogen and oxygen atoms in total. The van der Waals surface area contributed by atoms with E-state index in [1.807, 2.05) is 4.68 Å². The molecule has 1 aromatic heterocycles. The van der Waals surface area contributed by atoms with Crippen LogP contribution in [0.3, 0.4) is 0 Å². The molecule has 0 radical (unpaired) electrons. The van der Waals surface area contributed by atoms with Crippen molar-refractivity contribution < 1.29 is 0 Å². The molecule has 2 fully saturated rings. The molecular formula is C17H30N4. The topological polar surface area (TPSA) is 33.1 Å². The van der Waals surface area contributed by atoms with E-state index in [-0.39, 0.29) is 0 Å². The second-order valence-corrected chi connectivity index (χ2v) is 7.02. The van der Waals surface area contributed by atoms with Gasteiger partial charge in [0.05, 0.1) is 5.69 Å². The van der Waals surface area contributed by atoms with Gasteiger partial charge in [-0.2, -0.15) is 5.10 Å². The van der Waals surface area contributed by atoms with Crippen LogP contribution >= 0.6 is 0 Å². The minimum atomic E-state index is 0.494. The maximum Gasteiger partial charge on any atom is 0.0644 e. The van der Waals surface area contributed by atoms with E-state index in [9.17, 15) is 0 Å². The van der Waals surface area contributed by atoms with Crippen LogP contribution in [0.5, 0.6) is 0 Å². The SMILES string of the molecule is Cc1nn(C)c(C)c1C(C)N(CC1CCCNC1)C1CC1. The van der Waals surface area contributed by atoms with Crippen LogP contribution in [0.4, 0.5) is 0 Å². The number of rotatable bonds is 5. The van der Waals surface area contributed by atoms with E-state index in [1.165, 1.54) is 62.3 Å². The molecule has 0 amide bonds. The van der Waals surface area contributed by atoms with E-state index in [2.05, 4.69) is 43.1 Å². The Hall–Kier alpha value is -0.870.